The van der Waals surface area contributed by atoms with Gasteiger partial charge in [-0.15, -0.1) is 11.3 Å². The molecule has 200 valence electrons. The summed E-state index contributed by atoms with van der Waals surface area (Å²) in [5.41, 5.74) is 0.246. The van der Waals surface area contributed by atoms with Crippen molar-refractivity contribution in [2.24, 2.45) is 7.05 Å². The van der Waals surface area contributed by atoms with E-state index in [0.29, 0.717) is 28.3 Å². The number of halogens is 3. The molecular weight excluding hydrogens is 521 g/mol. The first kappa shape index (κ1) is 25.9. The predicted octanol–water partition coefficient (Wildman–Crippen LogP) is 3.60. The number of anilines is 1. The molecule has 2 N–H and O–H groups in total. The van der Waals surface area contributed by atoms with Crippen LogP contribution in [0.4, 0.5) is 18.9 Å². The number of fused-ring (bicyclic) bond motifs is 1. The third-order valence-electron chi connectivity index (χ3n) is 6.31. The van der Waals surface area contributed by atoms with Gasteiger partial charge in [-0.3, -0.25) is 19.3 Å². The van der Waals surface area contributed by atoms with Crippen LogP contribution in [-0.2, 0) is 13.2 Å². The van der Waals surface area contributed by atoms with Gasteiger partial charge in [0.1, 0.15) is 4.83 Å². The van der Waals surface area contributed by atoms with Gasteiger partial charge >= 0.3 is 6.18 Å². The molecule has 4 aromatic heterocycles. The molecule has 0 aliphatic carbocycles. The van der Waals surface area contributed by atoms with E-state index in [9.17, 15) is 22.8 Å². The van der Waals surface area contributed by atoms with Crippen molar-refractivity contribution in [2.45, 2.75) is 25.9 Å². The van der Waals surface area contributed by atoms with Crippen molar-refractivity contribution in [1.29, 1.82) is 0 Å². The number of alkyl halides is 3. The maximum Gasteiger partial charge on any atom is 0.435 e. The smallest absolute Gasteiger partial charge is 0.351 e. The molecular formula is C24H25F3N8O2S. The number of nitrogens with one attached hydrogen (secondary N) is 2. The second kappa shape index (κ2) is 10.2. The van der Waals surface area contributed by atoms with Gasteiger partial charge in [-0.05, 0) is 38.9 Å². The Hall–Kier alpha value is -3.78. The minimum atomic E-state index is -4.63. The lowest BCUT2D eigenvalue weighted by molar-refractivity contribution is -0.140. The van der Waals surface area contributed by atoms with Crippen LogP contribution in [0.2, 0.25) is 0 Å². The Bertz CT molecular complexity index is 1500. The highest BCUT2D eigenvalue weighted by Gasteiger charge is 2.38. The Kier molecular flexibility index (Phi) is 6.92. The number of rotatable bonds is 7. The number of aryl methyl sites for hydroxylation is 2. The first-order valence-electron chi connectivity index (χ1n) is 12.0. The van der Waals surface area contributed by atoms with E-state index in [1.165, 1.54) is 49.2 Å². The van der Waals surface area contributed by atoms with Crippen molar-refractivity contribution in [3.8, 4) is 10.4 Å². The number of carbonyl (C=O) groups excluding carboxylic acids is 2. The lowest BCUT2D eigenvalue weighted by Gasteiger charge is -2.15. The highest BCUT2D eigenvalue weighted by molar-refractivity contribution is 7.21. The zero-order valence-corrected chi connectivity index (χ0v) is 21.5. The van der Waals surface area contributed by atoms with Crippen molar-refractivity contribution in [2.75, 3.05) is 31.5 Å². The molecule has 0 spiro atoms. The summed E-state index contributed by atoms with van der Waals surface area (Å²) < 4.78 is 42.8. The van der Waals surface area contributed by atoms with E-state index < -0.39 is 17.8 Å². The number of aromatic nitrogens is 5. The monoisotopic (exact) mass is 546 g/mol. The first-order valence-corrected chi connectivity index (χ1v) is 12.8. The molecule has 1 aliphatic rings. The summed E-state index contributed by atoms with van der Waals surface area (Å²) in [5, 5.41) is 13.3. The van der Waals surface area contributed by atoms with Gasteiger partial charge in [0, 0.05) is 44.3 Å². The standard InChI is InChI=1S/C24H25F3N8O2S/c1-14-18(9-15(10-29-14)21(36)28-5-8-34-6-3-4-7-34)31-22(37)16-11-30-35-13-19(38-23(16)35)17-12-33(2)32-20(17)24(25,26)27/h9-13H,3-8H2,1-2H3,(H,28,36)(H,31,37). The van der Waals surface area contributed by atoms with Crippen LogP contribution >= 0.6 is 11.3 Å². The Morgan fingerprint density at radius 1 is 1.13 bits per heavy atom. The third-order valence-corrected chi connectivity index (χ3v) is 7.46. The van der Waals surface area contributed by atoms with Gasteiger partial charge in [-0.2, -0.15) is 23.4 Å². The lowest BCUT2D eigenvalue weighted by Crippen LogP contribution is -2.33. The highest BCUT2D eigenvalue weighted by atomic mass is 32.1. The molecule has 0 saturated carbocycles. The van der Waals surface area contributed by atoms with Crippen molar-refractivity contribution in [3.05, 3.63) is 53.4 Å². The summed E-state index contributed by atoms with van der Waals surface area (Å²) in [6.45, 7) is 5.06. The molecule has 1 saturated heterocycles. The Morgan fingerprint density at radius 2 is 1.89 bits per heavy atom. The molecule has 5 heterocycles. The SMILES string of the molecule is Cc1ncc(C(=O)NCCN2CCCC2)cc1NC(=O)c1cnn2cc(-c3cn(C)nc3C(F)(F)F)sc12. The number of pyridine rings is 1. The fraction of sp³-hybridized carbons (Fsp3) is 0.375. The van der Waals surface area contributed by atoms with Crippen LogP contribution in [0.5, 0.6) is 0 Å². The van der Waals surface area contributed by atoms with Crippen molar-refractivity contribution in [1.82, 2.24) is 34.6 Å². The maximum atomic E-state index is 13.5. The summed E-state index contributed by atoms with van der Waals surface area (Å²) in [6.07, 6.45) is 3.23. The number of likely N-dealkylation sites (tertiary alicyclic amines) is 1. The molecule has 0 radical (unpaired) electrons. The van der Waals surface area contributed by atoms with Gasteiger partial charge in [0.25, 0.3) is 11.8 Å². The van der Waals surface area contributed by atoms with Crippen LogP contribution in [0.25, 0.3) is 15.3 Å². The second-order valence-corrected chi connectivity index (χ2v) is 10.1. The van der Waals surface area contributed by atoms with Crippen LogP contribution < -0.4 is 10.6 Å². The third kappa shape index (κ3) is 5.27. The van der Waals surface area contributed by atoms with Crippen molar-refractivity contribution < 1.29 is 22.8 Å². The molecule has 0 bridgehead atoms. The lowest BCUT2D eigenvalue weighted by atomic mass is 10.2. The summed E-state index contributed by atoms with van der Waals surface area (Å²) in [4.78, 5) is 32.9. The molecule has 14 heteroatoms. The topological polar surface area (TPSA) is 109 Å². The molecule has 1 fully saturated rings. The number of hydrogen-bond acceptors (Lipinski definition) is 7. The van der Waals surface area contributed by atoms with Crippen LogP contribution in [0.1, 0.15) is 44.9 Å². The molecule has 10 nitrogen and oxygen atoms in total. The summed E-state index contributed by atoms with van der Waals surface area (Å²) in [5.74, 6) is -0.813. The fourth-order valence-corrected chi connectivity index (χ4v) is 5.42. The Balaban J connectivity index is 1.33. The second-order valence-electron chi connectivity index (χ2n) is 9.08. The van der Waals surface area contributed by atoms with E-state index in [1.54, 1.807) is 13.0 Å². The average Bonchev–Trinajstić information content (AvgIpc) is 3.63. The highest BCUT2D eigenvalue weighted by Crippen LogP contribution is 2.39. The van der Waals surface area contributed by atoms with E-state index in [2.05, 4.69) is 30.7 Å². The van der Waals surface area contributed by atoms with Gasteiger partial charge in [0.2, 0.25) is 0 Å². The number of nitrogens with zero attached hydrogens (tertiary/aromatic N) is 6. The van der Waals surface area contributed by atoms with Gasteiger partial charge in [-0.25, -0.2) is 4.52 Å². The van der Waals surface area contributed by atoms with Gasteiger partial charge in [0.15, 0.2) is 5.69 Å². The fourth-order valence-electron chi connectivity index (χ4n) is 4.35. The number of thiazole rings is 1. The van der Waals surface area contributed by atoms with E-state index in [1.807, 2.05) is 0 Å². The van der Waals surface area contributed by atoms with E-state index in [-0.39, 0.29) is 21.9 Å². The maximum absolute atomic E-state index is 13.5. The summed E-state index contributed by atoms with van der Waals surface area (Å²) in [6, 6.07) is 1.55. The largest absolute Gasteiger partial charge is 0.435 e. The molecule has 4 aromatic rings. The summed E-state index contributed by atoms with van der Waals surface area (Å²) in [7, 11) is 1.41. The van der Waals surface area contributed by atoms with Crippen molar-refractivity contribution in [3.63, 3.8) is 0 Å². The molecule has 38 heavy (non-hydrogen) atoms. The van der Waals surface area contributed by atoms with Crippen molar-refractivity contribution >= 4 is 33.7 Å². The zero-order chi connectivity index (χ0) is 27.0. The minimum Gasteiger partial charge on any atom is -0.351 e. The van der Waals surface area contributed by atoms with Gasteiger partial charge in [0.05, 0.1) is 33.6 Å². The molecule has 1 aliphatic heterocycles. The van der Waals surface area contributed by atoms with Crippen LogP contribution in [0, 0.1) is 6.92 Å². The first-order chi connectivity index (χ1) is 18.1. The number of hydrogen-bond donors (Lipinski definition) is 2. The zero-order valence-electron chi connectivity index (χ0n) is 20.7. The van der Waals surface area contributed by atoms with Gasteiger partial charge < -0.3 is 15.5 Å². The Morgan fingerprint density at radius 3 is 2.63 bits per heavy atom. The minimum absolute atomic E-state index is 0.0923. The van der Waals surface area contributed by atoms with Gasteiger partial charge in [-0.1, -0.05) is 0 Å². The van der Waals surface area contributed by atoms with E-state index in [0.717, 1.165) is 35.7 Å². The molecule has 0 unspecified atom stereocenters. The van der Waals surface area contributed by atoms with Crippen LogP contribution in [0.15, 0.2) is 30.9 Å². The molecule has 5 rings (SSSR count). The average molecular weight is 547 g/mol. The van der Waals surface area contributed by atoms with E-state index in [4.69, 9.17) is 0 Å². The van der Waals surface area contributed by atoms with Crippen LogP contribution in [-0.4, -0.2) is 67.3 Å². The molecule has 0 aromatic carbocycles. The molecule has 0 atom stereocenters. The quantitative estimate of drug-likeness (QED) is 0.367. The number of amides is 2. The molecule has 2 amide bonds. The number of carbonyl (C=O) groups is 2. The summed E-state index contributed by atoms with van der Waals surface area (Å²) >= 11 is 1.00. The predicted molar refractivity (Wildman–Crippen MR) is 135 cm³/mol. The van der Waals surface area contributed by atoms with Crippen LogP contribution in [0.3, 0.4) is 0 Å². The normalized spacial score (nSPS) is 14.3. The van der Waals surface area contributed by atoms with E-state index >= 15 is 0 Å². The Labute approximate surface area is 219 Å².